The lowest BCUT2D eigenvalue weighted by molar-refractivity contribution is -0.145. The molecule has 0 spiro atoms. The van der Waals surface area contributed by atoms with Crippen LogP contribution < -0.4 is 0 Å². The summed E-state index contributed by atoms with van der Waals surface area (Å²) in [4.78, 5) is 22.0. The van der Waals surface area contributed by atoms with Crippen molar-refractivity contribution in [3.8, 4) is 0 Å². The fourth-order valence-electron chi connectivity index (χ4n) is 0.965. The van der Waals surface area contributed by atoms with Gasteiger partial charge in [-0.1, -0.05) is 20.1 Å². The fourth-order valence-corrected chi connectivity index (χ4v) is 0.965. The first-order valence-corrected chi connectivity index (χ1v) is 5.16. The van der Waals surface area contributed by atoms with Crippen LogP contribution in [0, 0.1) is 0 Å². The summed E-state index contributed by atoms with van der Waals surface area (Å²) < 4.78 is 9.92. The maximum absolute atomic E-state index is 11.0. The topological polar surface area (TPSA) is 52.6 Å². The van der Waals surface area contributed by atoms with Gasteiger partial charge in [0, 0.05) is 18.1 Å². The maximum atomic E-state index is 11.0. The van der Waals surface area contributed by atoms with Gasteiger partial charge >= 0.3 is 11.9 Å². The van der Waals surface area contributed by atoms with Crippen molar-refractivity contribution in [2.24, 2.45) is 0 Å². The number of hydrogen-bond donors (Lipinski definition) is 0. The highest BCUT2D eigenvalue weighted by Crippen LogP contribution is 2.05. The quantitative estimate of drug-likeness (QED) is 0.492. The Hall–Kier alpha value is -1.58. The van der Waals surface area contributed by atoms with Gasteiger partial charge in [0.05, 0.1) is 6.61 Å². The predicted octanol–water partition coefficient (Wildman–Crippen LogP) is 2.00. The molecule has 0 bridgehead atoms. The van der Waals surface area contributed by atoms with E-state index in [1.54, 1.807) is 6.92 Å². The highest BCUT2D eigenvalue weighted by atomic mass is 16.6. The van der Waals surface area contributed by atoms with E-state index in [2.05, 4.69) is 13.2 Å². The Bertz CT molecular complexity index is 281. The highest BCUT2D eigenvalue weighted by Gasteiger charge is 2.11. The van der Waals surface area contributed by atoms with E-state index >= 15 is 0 Å². The van der Waals surface area contributed by atoms with Gasteiger partial charge in [0.1, 0.15) is 6.10 Å². The molecule has 4 nitrogen and oxygen atoms in total. The van der Waals surface area contributed by atoms with Crippen LogP contribution in [-0.2, 0) is 19.1 Å². The molecule has 0 aliphatic carbocycles. The summed E-state index contributed by atoms with van der Waals surface area (Å²) in [7, 11) is 0. The normalized spacial score (nSPS) is 11.4. The first-order valence-electron chi connectivity index (χ1n) is 5.16. The molecule has 0 saturated carbocycles. The first-order chi connectivity index (χ1) is 7.51. The number of carbonyl (C=O) groups excluding carboxylic acids is 2. The molecule has 0 aromatic heterocycles. The van der Waals surface area contributed by atoms with Crippen molar-refractivity contribution in [2.45, 2.75) is 32.8 Å². The summed E-state index contributed by atoms with van der Waals surface area (Å²) in [6, 6.07) is 0. The number of esters is 2. The zero-order valence-electron chi connectivity index (χ0n) is 9.82. The van der Waals surface area contributed by atoms with Gasteiger partial charge in [-0.05, 0) is 13.3 Å². The lowest BCUT2D eigenvalue weighted by atomic mass is 10.2. The summed E-state index contributed by atoms with van der Waals surface area (Å²) in [5.74, 6) is -0.886. The Labute approximate surface area is 95.9 Å². The average Bonchev–Trinajstić information content (AvgIpc) is 2.26. The van der Waals surface area contributed by atoms with Crippen LogP contribution in [0.1, 0.15) is 26.7 Å². The number of ether oxygens (including phenoxy) is 2. The van der Waals surface area contributed by atoms with E-state index < -0.39 is 11.9 Å². The Morgan fingerprint density at radius 3 is 2.50 bits per heavy atom. The molecule has 0 N–H and O–H groups in total. The van der Waals surface area contributed by atoms with Crippen LogP contribution in [0.25, 0.3) is 0 Å². The van der Waals surface area contributed by atoms with E-state index in [1.807, 2.05) is 6.92 Å². The predicted molar refractivity (Wildman–Crippen MR) is 60.8 cm³/mol. The lowest BCUT2D eigenvalue weighted by Gasteiger charge is -2.14. The van der Waals surface area contributed by atoms with E-state index in [0.717, 1.165) is 6.08 Å². The first kappa shape index (κ1) is 14.4. The summed E-state index contributed by atoms with van der Waals surface area (Å²) in [6.07, 6.45) is 2.02. The van der Waals surface area contributed by atoms with Crippen LogP contribution >= 0.6 is 0 Å². The van der Waals surface area contributed by atoms with Gasteiger partial charge in [-0.3, -0.25) is 0 Å². The minimum absolute atomic E-state index is 0.217. The van der Waals surface area contributed by atoms with Crippen molar-refractivity contribution in [3.63, 3.8) is 0 Å². The van der Waals surface area contributed by atoms with Crippen LogP contribution in [-0.4, -0.2) is 24.6 Å². The van der Waals surface area contributed by atoms with Crippen LogP contribution in [0.3, 0.4) is 0 Å². The molecule has 0 amide bonds. The number of rotatable bonds is 7. The monoisotopic (exact) mass is 226 g/mol. The van der Waals surface area contributed by atoms with Gasteiger partial charge in [-0.2, -0.15) is 0 Å². The largest absolute Gasteiger partial charge is 0.462 e. The molecule has 1 atom stereocenters. The van der Waals surface area contributed by atoms with Crippen molar-refractivity contribution >= 4 is 11.9 Å². The minimum Gasteiger partial charge on any atom is -0.462 e. The molecule has 4 heteroatoms. The van der Waals surface area contributed by atoms with Crippen molar-refractivity contribution in [1.82, 2.24) is 0 Å². The summed E-state index contributed by atoms with van der Waals surface area (Å²) in [6.45, 7) is 10.5. The number of carbonyl (C=O) groups is 2. The Kier molecular flexibility index (Phi) is 6.92. The zero-order valence-corrected chi connectivity index (χ0v) is 9.82. The van der Waals surface area contributed by atoms with Crippen LogP contribution in [0.15, 0.2) is 24.8 Å². The SMILES string of the molecule is C=CC(=O)OC(CC)CCOC(=O)C(=C)C. The molecule has 0 aromatic rings. The van der Waals surface area contributed by atoms with Crippen molar-refractivity contribution in [2.75, 3.05) is 6.61 Å². The standard InChI is InChI=1S/C12H18O4/c1-5-10(16-11(13)6-2)7-8-15-12(14)9(3)4/h6,10H,2-3,5,7-8H2,1,4H3. The van der Waals surface area contributed by atoms with E-state index in [-0.39, 0.29) is 12.7 Å². The smallest absolute Gasteiger partial charge is 0.333 e. The highest BCUT2D eigenvalue weighted by molar-refractivity contribution is 5.86. The molecule has 0 aromatic carbocycles. The minimum atomic E-state index is -0.460. The van der Waals surface area contributed by atoms with Crippen molar-refractivity contribution in [1.29, 1.82) is 0 Å². The Balaban J connectivity index is 3.87. The van der Waals surface area contributed by atoms with Gasteiger partial charge < -0.3 is 9.47 Å². The molecular formula is C12H18O4. The van der Waals surface area contributed by atoms with Gasteiger partial charge in [0.2, 0.25) is 0 Å². The molecular weight excluding hydrogens is 208 g/mol. The molecule has 0 saturated heterocycles. The summed E-state index contributed by atoms with van der Waals surface area (Å²) in [5.41, 5.74) is 0.358. The zero-order chi connectivity index (χ0) is 12.6. The third-order valence-corrected chi connectivity index (χ3v) is 1.93. The third-order valence-electron chi connectivity index (χ3n) is 1.93. The van der Waals surface area contributed by atoms with Gasteiger partial charge in [0.25, 0.3) is 0 Å². The van der Waals surface area contributed by atoms with Crippen LogP contribution in [0.5, 0.6) is 0 Å². The molecule has 0 aliphatic rings. The van der Waals surface area contributed by atoms with E-state index in [4.69, 9.17) is 9.47 Å². The second-order valence-electron chi connectivity index (χ2n) is 3.38. The third kappa shape index (κ3) is 6.01. The molecule has 90 valence electrons. The Morgan fingerprint density at radius 1 is 1.44 bits per heavy atom. The van der Waals surface area contributed by atoms with E-state index in [1.165, 1.54) is 0 Å². The van der Waals surface area contributed by atoms with Gasteiger partial charge in [-0.25, -0.2) is 9.59 Å². The number of hydrogen-bond acceptors (Lipinski definition) is 4. The second-order valence-corrected chi connectivity index (χ2v) is 3.38. The maximum Gasteiger partial charge on any atom is 0.333 e. The van der Waals surface area contributed by atoms with E-state index in [9.17, 15) is 9.59 Å². The van der Waals surface area contributed by atoms with Crippen molar-refractivity contribution in [3.05, 3.63) is 24.8 Å². The average molecular weight is 226 g/mol. The molecule has 16 heavy (non-hydrogen) atoms. The summed E-state index contributed by atoms with van der Waals surface area (Å²) >= 11 is 0. The van der Waals surface area contributed by atoms with E-state index in [0.29, 0.717) is 18.4 Å². The van der Waals surface area contributed by atoms with Crippen molar-refractivity contribution < 1.29 is 19.1 Å². The van der Waals surface area contributed by atoms with Crippen LogP contribution in [0.2, 0.25) is 0 Å². The molecule has 0 fully saturated rings. The lowest BCUT2D eigenvalue weighted by Crippen LogP contribution is -2.19. The molecule has 1 unspecified atom stereocenters. The molecule has 0 rings (SSSR count). The Morgan fingerprint density at radius 2 is 2.06 bits per heavy atom. The molecule has 0 radical (unpaired) electrons. The molecule has 0 heterocycles. The molecule has 0 aliphatic heterocycles. The second kappa shape index (κ2) is 7.68. The fraction of sp³-hybridized carbons (Fsp3) is 0.500. The van der Waals surface area contributed by atoms with Gasteiger partial charge in [0.15, 0.2) is 0 Å². The van der Waals surface area contributed by atoms with Crippen LogP contribution in [0.4, 0.5) is 0 Å². The van der Waals surface area contributed by atoms with Gasteiger partial charge in [-0.15, -0.1) is 0 Å². The summed E-state index contributed by atoms with van der Waals surface area (Å²) in [5, 5.41) is 0.